The van der Waals surface area contributed by atoms with Gasteiger partial charge in [0.1, 0.15) is 5.75 Å². The summed E-state index contributed by atoms with van der Waals surface area (Å²) in [5.41, 5.74) is 6.58. The standard InChI is InChI=1S/C9H14N2O3S/c1-11(15(3,12)13)7-4-5-9(14-2)8(10)6-7/h4-6H,10H2,1-3H3. The van der Waals surface area contributed by atoms with Crippen LogP contribution in [0.4, 0.5) is 11.4 Å². The number of ether oxygens (including phenoxy) is 1. The minimum atomic E-state index is -3.26. The van der Waals surface area contributed by atoms with Gasteiger partial charge < -0.3 is 10.5 Å². The van der Waals surface area contributed by atoms with E-state index in [2.05, 4.69) is 0 Å². The Kier molecular flexibility index (Phi) is 3.09. The van der Waals surface area contributed by atoms with Crippen molar-refractivity contribution in [2.45, 2.75) is 0 Å². The topological polar surface area (TPSA) is 72.6 Å². The summed E-state index contributed by atoms with van der Waals surface area (Å²) in [5, 5.41) is 0. The zero-order valence-electron chi connectivity index (χ0n) is 8.89. The second-order valence-electron chi connectivity index (χ2n) is 3.16. The summed E-state index contributed by atoms with van der Waals surface area (Å²) in [6, 6.07) is 4.82. The lowest BCUT2D eigenvalue weighted by Gasteiger charge is -2.17. The van der Waals surface area contributed by atoms with E-state index in [4.69, 9.17) is 10.5 Å². The lowest BCUT2D eigenvalue weighted by molar-refractivity contribution is 0.417. The van der Waals surface area contributed by atoms with Crippen molar-refractivity contribution >= 4 is 21.4 Å². The highest BCUT2D eigenvalue weighted by Crippen LogP contribution is 2.27. The molecule has 0 amide bonds. The van der Waals surface area contributed by atoms with Crippen molar-refractivity contribution in [2.24, 2.45) is 0 Å². The Balaban J connectivity index is 3.13. The maximum atomic E-state index is 11.3. The molecule has 0 atom stereocenters. The fourth-order valence-electron chi connectivity index (χ4n) is 1.11. The number of nitrogens with zero attached hydrogens (tertiary/aromatic N) is 1. The van der Waals surface area contributed by atoms with E-state index in [0.29, 0.717) is 17.1 Å². The molecule has 0 aromatic heterocycles. The van der Waals surface area contributed by atoms with Crippen LogP contribution >= 0.6 is 0 Å². The van der Waals surface area contributed by atoms with Gasteiger partial charge in [0, 0.05) is 7.05 Å². The molecule has 6 heteroatoms. The van der Waals surface area contributed by atoms with Crippen LogP contribution in [0, 0.1) is 0 Å². The quantitative estimate of drug-likeness (QED) is 0.775. The highest BCUT2D eigenvalue weighted by Gasteiger charge is 2.12. The van der Waals surface area contributed by atoms with Gasteiger partial charge in [-0.15, -0.1) is 0 Å². The third-order valence-corrected chi connectivity index (χ3v) is 3.28. The average Bonchev–Trinajstić information content (AvgIpc) is 2.15. The molecule has 0 radical (unpaired) electrons. The average molecular weight is 230 g/mol. The van der Waals surface area contributed by atoms with Gasteiger partial charge in [-0.3, -0.25) is 4.31 Å². The van der Waals surface area contributed by atoms with E-state index in [9.17, 15) is 8.42 Å². The van der Waals surface area contributed by atoms with E-state index in [1.807, 2.05) is 0 Å². The first-order valence-electron chi connectivity index (χ1n) is 4.23. The highest BCUT2D eigenvalue weighted by molar-refractivity contribution is 7.92. The number of hydrogen-bond donors (Lipinski definition) is 1. The molecule has 15 heavy (non-hydrogen) atoms. The molecule has 0 bridgehead atoms. The van der Waals surface area contributed by atoms with Gasteiger partial charge in [-0.1, -0.05) is 0 Å². The monoisotopic (exact) mass is 230 g/mol. The Hall–Kier alpha value is -1.43. The molecule has 1 aromatic carbocycles. The molecule has 0 heterocycles. The Morgan fingerprint density at radius 3 is 2.40 bits per heavy atom. The number of hydrogen-bond acceptors (Lipinski definition) is 4. The van der Waals surface area contributed by atoms with Crippen LogP contribution in [-0.2, 0) is 10.0 Å². The largest absolute Gasteiger partial charge is 0.495 e. The van der Waals surface area contributed by atoms with E-state index in [1.165, 1.54) is 14.2 Å². The molecule has 0 saturated heterocycles. The van der Waals surface area contributed by atoms with Gasteiger partial charge in [0.05, 0.1) is 24.7 Å². The number of methoxy groups -OCH3 is 1. The van der Waals surface area contributed by atoms with E-state index in [0.717, 1.165) is 10.6 Å². The van der Waals surface area contributed by atoms with Crippen molar-refractivity contribution in [3.63, 3.8) is 0 Å². The van der Waals surface area contributed by atoms with Gasteiger partial charge in [0.25, 0.3) is 0 Å². The first-order valence-corrected chi connectivity index (χ1v) is 6.08. The van der Waals surface area contributed by atoms with E-state index in [1.54, 1.807) is 18.2 Å². The summed E-state index contributed by atoms with van der Waals surface area (Å²) < 4.78 is 28.6. The van der Waals surface area contributed by atoms with Crippen molar-refractivity contribution in [1.29, 1.82) is 0 Å². The molecule has 0 spiro atoms. The molecule has 1 rings (SSSR count). The molecule has 5 nitrogen and oxygen atoms in total. The predicted octanol–water partition coefficient (Wildman–Crippen LogP) is 0.673. The summed E-state index contributed by atoms with van der Waals surface area (Å²) in [7, 11) is -0.281. The maximum Gasteiger partial charge on any atom is 0.231 e. The molecule has 0 aliphatic heterocycles. The third-order valence-electron chi connectivity index (χ3n) is 2.07. The number of nitrogen functional groups attached to an aromatic ring is 1. The second kappa shape index (κ2) is 3.98. The van der Waals surface area contributed by atoms with Crippen LogP contribution in [0.5, 0.6) is 5.75 Å². The highest BCUT2D eigenvalue weighted by atomic mass is 32.2. The van der Waals surface area contributed by atoms with Crippen LogP contribution in [0.2, 0.25) is 0 Å². The lowest BCUT2D eigenvalue weighted by Crippen LogP contribution is -2.24. The van der Waals surface area contributed by atoms with Gasteiger partial charge in [-0.25, -0.2) is 8.42 Å². The third kappa shape index (κ3) is 2.53. The molecule has 0 fully saturated rings. The Labute approximate surface area is 89.5 Å². The predicted molar refractivity (Wildman–Crippen MR) is 60.7 cm³/mol. The minimum absolute atomic E-state index is 0.408. The first kappa shape index (κ1) is 11.6. The normalized spacial score (nSPS) is 11.1. The number of benzene rings is 1. The Morgan fingerprint density at radius 2 is 2.00 bits per heavy atom. The smallest absolute Gasteiger partial charge is 0.231 e. The minimum Gasteiger partial charge on any atom is -0.495 e. The number of nitrogens with two attached hydrogens (primary N) is 1. The van der Waals surface area contributed by atoms with Gasteiger partial charge in [-0.2, -0.15) is 0 Å². The summed E-state index contributed by atoms with van der Waals surface area (Å²) >= 11 is 0. The van der Waals surface area contributed by atoms with Crippen LogP contribution < -0.4 is 14.8 Å². The fourth-order valence-corrected chi connectivity index (χ4v) is 1.61. The van der Waals surface area contributed by atoms with Crippen molar-refractivity contribution < 1.29 is 13.2 Å². The summed E-state index contributed by atoms with van der Waals surface area (Å²) in [6.45, 7) is 0. The first-order chi connectivity index (χ1) is 6.86. The molecule has 0 aliphatic carbocycles. The second-order valence-corrected chi connectivity index (χ2v) is 5.17. The molecular weight excluding hydrogens is 216 g/mol. The van der Waals surface area contributed by atoms with Crippen molar-refractivity contribution in [2.75, 3.05) is 30.5 Å². The zero-order chi connectivity index (χ0) is 11.6. The number of anilines is 2. The summed E-state index contributed by atoms with van der Waals surface area (Å²) in [4.78, 5) is 0. The van der Waals surface area contributed by atoms with Crippen molar-refractivity contribution in [3.05, 3.63) is 18.2 Å². The Morgan fingerprint density at radius 1 is 1.40 bits per heavy atom. The molecule has 0 unspecified atom stereocenters. The molecule has 2 N–H and O–H groups in total. The molecular formula is C9H14N2O3S. The van der Waals surface area contributed by atoms with Crippen LogP contribution in [0.15, 0.2) is 18.2 Å². The van der Waals surface area contributed by atoms with E-state index in [-0.39, 0.29) is 0 Å². The lowest BCUT2D eigenvalue weighted by atomic mass is 10.2. The zero-order valence-corrected chi connectivity index (χ0v) is 9.71. The summed E-state index contributed by atoms with van der Waals surface area (Å²) in [5.74, 6) is 0.528. The molecule has 1 aromatic rings. The van der Waals surface area contributed by atoms with Gasteiger partial charge >= 0.3 is 0 Å². The van der Waals surface area contributed by atoms with Crippen molar-refractivity contribution in [3.8, 4) is 5.75 Å². The SMILES string of the molecule is COc1ccc(N(C)S(C)(=O)=O)cc1N. The van der Waals surface area contributed by atoms with Crippen LogP contribution in [0.1, 0.15) is 0 Å². The van der Waals surface area contributed by atoms with Crippen molar-refractivity contribution in [1.82, 2.24) is 0 Å². The number of sulfonamides is 1. The van der Waals surface area contributed by atoms with E-state index >= 15 is 0 Å². The number of rotatable bonds is 3. The van der Waals surface area contributed by atoms with Crippen LogP contribution in [0.25, 0.3) is 0 Å². The maximum absolute atomic E-state index is 11.3. The molecule has 0 saturated carbocycles. The van der Waals surface area contributed by atoms with Crippen LogP contribution in [-0.4, -0.2) is 28.8 Å². The fraction of sp³-hybridized carbons (Fsp3) is 0.333. The molecule has 84 valence electrons. The molecule has 0 aliphatic rings. The van der Waals surface area contributed by atoms with Gasteiger partial charge in [0.2, 0.25) is 10.0 Å². The van der Waals surface area contributed by atoms with E-state index < -0.39 is 10.0 Å². The Bertz CT molecular complexity index is 456. The van der Waals surface area contributed by atoms with Gasteiger partial charge in [0.15, 0.2) is 0 Å². The summed E-state index contributed by atoms with van der Waals surface area (Å²) in [6.07, 6.45) is 1.13. The van der Waals surface area contributed by atoms with Gasteiger partial charge in [-0.05, 0) is 18.2 Å². The van der Waals surface area contributed by atoms with Crippen LogP contribution in [0.3, 0.4) is 0 Å².